The fourth-order valence-corrected chi connectivity index (χ4v) is 1.84. The third-order valence-electron chi connectivity index (χ3n) is 2.66. The van der Waals surface area contributed by atoms with E-state index in [2.05, 4.69) is 18.8 Å². The predicted octanol–water partition coefficient (Wildman–Crippen LogP) is 2.97. The summed E-state index contributed by atoms with van der Waals surface area (Å²) in [5, 5.41) is 0.510. The van der Waals surface area contributed by atoms with Gasteiger partial charge in [-0.25, -0.2) is 9.79 Å². The van der Waals surface area contributed by atoms with Gasteiger partial charge >= 0.3 is 0 Å². The monoisotopic (exact) mass is 267 g/mol. The van der Waals surface area contributed by atoms with Crippen LogP contribution in [0, 0.1) is 5.41 Å². The Morgan fingerprint density at radius 1 is 1.33 bits per heavy atom. The van der Waals surface area contributed by atoms with Crippen molar-refractivity contribution in [1.82, 2.24) is 0 Å². The lowest BCUT2D eigenvalue weighted by Gasteiger charge is -2.19. The highest BCUT2D eigenvalue weighted by atomic mass is 35.5. The van der Waals surface area contributed by atoms with E-state index in [-0.39, 0.29) is 12.0 Å². The molecule has 0 atom stereocenters. The van der Waals surface area contributed by atoms with Crippen molar-refractivity contribution in [2.45, 2.75) is 20.4 Å². The van der Waals surface area contributed by atoms with Gasteiger partial charge in [0, 0.05) is 16.5 Å². The number of fused-ring (bicyclic) bond motifs is 1. The molecule has 0 saturated carbocycles. The van der Waals surface area contributed by atoms with Gasteiger partial charge in [0.2, 0.25) is 6.08 Å². The third kappa shape index (κ3) is 2.84. The number of isocyanates is 1. The Morgan fingerprint density at radius 2 is 1.94 bits per heavy atom. The minimum Gasteiger partial charge on any atom is -0.489 e. The summed E-state index contributed by atoms with van der Waals surface area (Å²) in [6, 6.07) is 3.47. The van der Waals surface area contributed by atoms with Crippen molar-refractivity contribution in [3.63, 3.8) is 0 Å². The van der Waals surface area contributed by atoms with Crippen LogP contribution in [0.4, 0.5) is 0 Å². The third-order valence-corrected chi connectivity index (χ3v) is 3.02. The summed E-state index contributed by atoms with van der Waals surface area (Å²) in [7, 11) is 0. The van der Waals surface area contributed by atoms with Gasteiger partial charge < -0.3 is 9.47 Å². The number of hydrogen-bond acceptors (Lipinski definition) is 4. The summed E-state index contributed by atoms with van der Waals surface area (Å²) in [5.41, 5.74) is 0.675. The first-order valence-electron chi connectivity index (χ1n) is 5.63. The average Bonchev–Trinajstić information content (AvgIpc) is 2.46. The zero-order valence-electron chi connectivity index (χ0n) is 10.3. The second-order valence-electron chi connectivity index (χ2n) is 5.04. The van der Waals surface area contributed by atoms with Crippen LogP contribution in [0.25, 0.3) is 0 Å². The van der Waals surface area contributed by atoms with E-state index in [1.807, 2.05) is 0 Å². The number of hydrogen-bond donors (Lipinski definition) is 0. The van der Waals surface area contributed by atoms with Crippen molar-refractivity contribution in [3.8, 4) is 11.5 Å². The Morgan fingerprint density at radius 3 is 2.56 bits per heavy atom. The normalized spacial score (nSPS) is 16.6. The maximum atomic E-state index is 10.1. The van der Waals surface area contributed by atoms with Crippen molar-refractivity contribution < 1.29 is 14.3 Å². The molecule has 0 amide bonds. The lowest BCUT2D eigenvalue weighted by molar-refractivity contribution is 0.140. The van der Waals surface area contributed by atoms with E-state index in [1.54, 1.807) is 12.1 Å². The molecule has 1 aromatic carbocycles. The Labute approximate surface area is 111 Å². The number of aliphatic imine (C=N–C) groups is 1. The van der Waals surface area contributed by atoms with Gasteiger partial charge in [-0.2, -0.15) is 0 Å². The Balaban J connectivity index is 2.32. The first-order chi connectivity index (χ1) is 8.52. The summed E-state index contributed by atoms with van der Waals surface area (Å²) < 4.78 is 11.4. The number of ether oxygens (including phenoxy) is 2. The molecule has 0 unspecified atom stereocenters. The maximum Gasteiger partial charge on any atom is 0.235 e. The van der Waals surface area contributed by atoms with E-state index in [0.717, 1.165) is 5.56 Å². The molecule has 0 spiro atoms. The molecule has 1 aliphatic heterocycles. The molecular weight excluding hydrogens is 254 g/mol. The van der Waals surface area contributed by atoms with Crippen molar-refractivity contribution in [3.05, 3.63) is 22.7 Å². The molecule has 18 heavy (non-hydrogen) atoms. The molecule has 4 nitrogen and oxygen atoms in total. The minimum atomic E-state index is -0.0490. The van der Waals surface area contributed by atoms with E-state index in [1.165, 1.54) is 6.08 Å². The largest absolute Gasteiger partial charge is 0.489 e. The van der Waals surface area contributed by atoms with Crippen LogP contribution in [0.15, 0.2) is 17.1 Å². The van der Waals surface area contributed by atoms with Crippen LogP contribution in [0.3, 0.4) is 0 Å². The standard InChI is InChI=1S/C13H14ClNO3/c1-13(2)6-17-11-3-9(5-15-8-16)10(14)4-12(11)18-7-13/h3-4H,5-7H2,1-2H3. The second kappa shape index (κ2) is 5.01. The van der Waals surface area contributed by atoms with Crippen LogP contribution in [-0.4, -0.2) is 19.3 Å². The molecule has 5 heteroatoms. The number of carbonyl (C=O) groups excluding carboxylic acids is 1. The molecule has 0 N–H and O–H groups in total. The summed E-state index contributed by atoms with van der Waals surface area (Å²) in [6.45, 7) is 5.47. The van der Waals surface area contributed by atoms with Crippen LogP contribution in [0.5, 0.6) is 11.5 Å². The van der Waals surface area contributed by atoms with Crippen LogP contribution < -0.4 is 9.47 Å². The molecule has 1 heterocycles. The van der Waals surface area contributed by atoms with Crippen molar-refractivity contribution in [1.29, 1.82) is 0 Å². The summed E-state index contributed by atoms with van der Waals surface area (Å²) >= 11 is 6.10. The van der Waals surface area contributed by atoms with Gasteiger partial charge in [0.15, 0.2) is 11.5 Å². The zero-order valence-corrected chi connectivity index (χ0v) is 11.1. The van der Waals surface area contributed by atoms with Gasteiger partial charge in [-0.15, -0.1) is 0 Å². The molecule has 1 aromatic rings. The smallest absolute Gasteiger partial charge is 0.235 e. The number of rotatable bonds is 2. The number of nitrogens with zero attached hydrogens (tertiary/aromatic N) is 1. The lowest BCUT2D eigenvalue weighted by Crippen LogP contribution is -2.26. The molecule has 0 aliphatic carbocycles. The van der Waals surface area contributed by atoms with Crippen LogP contribution in [0.1, 0.15) is 19.4 Å². The van der Waals surface area contributed by atoms with Gasteiger partial charge in [-0.3, -0.25) is 0 Å². The molecule has 0 fully saturated rings. The molecule has 1 aliphatic rings. The molecule has 0 radical (unpaired) electrons. The number of halogens is 1. The highest BCUT2D eigenvalue weighted by molar-refractivity contribution is 6.31. The Hall–Kier alpha value is -1.51. The second-order valence-corrected chi connectivity index (χ2v) is 5.45. The van der Waals surface area contributed by atoms with Gasteiger partial charge in [-0.05, 0) is 11.6 Å². The van der Waals surface area contributed by atoms with Crippen molar-refractivity contribution >= 4 is 17.7 Å². The van der Waals surface area contributed by atoms with Crippen molar-refractivity contribution in [2.24, 2.45) is 10.4 Å². The van der Waals surface area contributed by atoms with Gasteiger partial charge in [-0.1, -0.05) is 25.4 Å². The molecule has 0 saturated heterocycles. The molecule has 0 bridgehead atoms. The topological polar surface area (TPSA) is 47.9 Å². The summed E-state index contributed by atoms with van der Waals surface area (Å²) in [5.74, 6) is 1.27. The number of benzene rings is 1. The van der Waals surface area contributed by atoms with Crippen LogP contribution >= 0.6 is 11.6 Å². The van der Waals surface area contributed by atoms with Crippen molar-refractivity contribution in [2.75, 3.05) is 13.2 Å². The molecule has 96 valence electrons. The Bertz CT molecular complexity index is 507. The highest BCUT2D eigenvalue weighted by Gasteiger charge is 2.25. The fraction of sp³-hybridized carbons (Fsp3) is 0.462. The maximum absolute atomic E-state index is 10.1. The molecular formula is C13H14ClNO3. The first-order valence-corrected chi connectivity index (χ1v) is 6.01. The SMILES string of the molecule is CC1(C)COc2cc(Cl)c(CN=C=O)cc2OC1. The zero-order chi connectivity index (χ0) is 13.2. The summed E-state index contributed by atoms with van der Waals surface area (Å²) in [4.78, 5) is 13.6. The minimum absolute atomic E-state index is 0.0490. The van der Waals surface area contributed by atoms with E-state index in [4.69, 9.17) is 21.1 Å². The highest BCUT2D eigenvalue weighted by Crippen LogP contribution is 2.37. The predicted molar refractivity (Wildman–Crippen MR) is 68.0 cm³/mol. The van der Waals surface area contributed by atoms with E-state index in [9.17, 15) is 4.79 Å². The van der Waals surface area contributed by atoms with E-state index < -0.39 is 0 Å². The fourth-order valence-electron chi connectivity index (χ4n) is 1.63. The van der Waals surface area contributed by atoms with Gasteiger partial charge in [0.25, 0.3) is 0 Å². The molecule has 0 aromatic heterocycles. The Kier molecular flexibility index (Phi) is 3.60. The lowest BCUT2D eigenvalue weighted by atomic mass is 9.97. The average molecular weight is 268 g/mol. The van der Waals surface area contributed by atoms with Gasteiger partial charge in [0.05, 0.1) is 19.8 Å². The van der Waals surface area contributed by atoms with E-state index >= 15 is 0 Å². The quantitative estimate of drug-likeness (QED) is 0.611. The van der Waals surface area contributed by atoms with Crippen LogP contribution in [0.2, 0.25) is 5.02 Å². The first kappa shape index (κ1) is 12.9. The van der Waals surface area contributed by atoms with Gasteiger partial charge in [0.1, 0.15) is 0 Å². The van der Waals surface area contributed by atoms with E-state index in [0.29, 0.717) is 29.7 Å². The summed E-state index contributed by atoms with van der Waals surface area (Å²) in [6.07, 6.45) is 1.49. The van der Waals surface area contributed by atoms with Crippen LogP contribution in [-0.2, 0) is 11.3 Å². The molecule has 2 rings (SSSR count).